The molecule has 1 aliphatic heterocycles. The molecular formula is C12H20O4Si4. The van der Waals surface area contributed by atoms with Crippen LogP contribution in [0.1, 0.15) is 0 Å². The van der Waals surface area contributed by atoms with Gasteiger partial charge in [0.15, 0.2) is 0 Å². The molecule has 0 N–H and O–H groups in total. The van der Waals surface area contributed by atoms with E-state index < -0.39 is 35.7 Å². The monoisotopic (exact) mass is 340 g/mol. The van der Waals surface area contributed by atoms with E-state index in [-0.39, 0.29) is 0 Å². The SMILES string of the molecule is C=C[Si]1(C=C)O[SiH2]O[Si](C=C)(C=C)O[Si](C=C)(C=C)O1. The lowest BCUT2D eigenvalue weighted by Crippen LogP contribution is -2.61. The van der Waals surface area contributed by atoms with Crippen molar-refractivity contribution in [2.75, 3.05) is 0 Å². The minimum Gasteiger partial charge on any atom is -0.414 e. The molecule has 0 aliphatic carbocycles. The van der Waals surface area contributed by atoms with Gasteiger partial charge in [-0.3, -0.25) is 0 Å². The largest absolute Gasteiger partial charge is 0.414 e. The topological polar surface area (TPSA) is 36.9 Å². The molecule has 0 aromatic heterocycles. The first-order valence-corrected chi connectivity index (χ1v) is 13.1. The van der Waals surface area contributed by atoms with Gasteiger partial charge in [-0.05, 0) is 34.2 Å². The van der Waals surface area contributed by atoms with Crippen LogP contribution in [0.2, 0.25) is 0 Å². The van der Waals surface area contributed by atoms with Crippen molar-refractivity contribution in [3.05, 3.63) is 73.7 Å². The lowest BCUT2D eigenvalue weighted by molar-refractivity contribution is 0.282. The van der Waals surface area contributed by atoms with E-state index in [1.165, 1.54) is 0 Å². The third kappa shape index (κ3) is 3.24. The standard InChI is InChI=1S/C12H20O4Si4/c1-7-18(8-2)13-17-14-19(9-3,10-4)16-20(11-5,12-6)15-18/h7-12H,1-6,17H2. The van der Waals surface area contributed by atoms with Gasteiger partial charge >= 0.3 is 25.7 Å². The quantitative estimate of drug-likeness (QED) is 0.690. The lowest BCUT2D eigenvalue weighted by Gasteiger charge is -2.41. The molecule has 108 valence electrons. The van der Waals surface area contributed by atoms with Crippen molar-refractivity contribution >= 4 is 35.7 Å². The molecule has 0 spiro atoms. The van der Waals surface area contributed by atoms with Crippen LogP contribution < -0.4 is 0 Å². The van der Waals surface area contributed by atoms with E-state index in [2.05, 4.69) is 39.5 Å². The summed E-state index contributed by atoms with van der Waals surface area (Å²) in [6, 6.07) is 0. The highest BCUT2D eigenvalue weighted by Gasteiger charge is 2.50. The van der Waals surface area contributed by atoms with Crippen molar-refractivity contribution in [1.29, 1.82) is 0 Å². The molecule has 0 radical (unpaired) electrons. The van der Waals surface area contributed by atoms with Gasteiger partial charge in [-0.15, -0.1) is 39.5 Å². The molecule has 0 atom stereocenters. The molecule has 0 aromatic rings. The average Bonchev–Trinajstić information content (AvgIpc) is 2.49. The maximum absolute atomic E-state index is 6.18. The van der Waals surface area contributed by atoms with Crippen LogP contribution in [0.3, 0.4) is 0 Å². The van der Waals surface area contributed by atoms with E-state index in [1.54, 1.807) is 34.2 Å². The Morgan fingerprint density at radius 3 is 1.10 bits per heavy atom. The van der Waals surface area contributed by atoms with Crippen LogP contribution in [0.5, 0.6) is 0 Å². The summed E-state index contributed by atoms with van der Waals surface area (Å²) in [4.78, 5) is 0. The molecule has 8 heteroatoms. The van der Waals surface area contributed by atoms with Crippen molar-refractivity contribution in [2.45, 2.75) is 0 Å². The number of hydrogen-bond donors (Lipinski definition) is 0. The van der Waals surface area contributed by atoms with Gasteiger partial charge in [0.1, 0.15) is 0 Å². The Kier molecular flexibility index (Phi) is 5.79. The highest BCUT2D eigenvalue weighted by Crippen LogP contribution is 2.28. The second kappa shape index (κ2) is 6.74. The van der Waals surface area contributed by atoms with Crippen molar-refractivity contribution in [2.24, 2.45) is 0 Å². The molecule has 0 unspecified atom stereocenters. The van der Waals surface area contributed by atoms with Gasteiger partial charge in [0, 0.05) is 0 Å². The number of hydrogen-bond acceptors (Lipinski definition) is 4. The number of rotatable bonds is 6. The Balaban J connectivity index is 3.30. The van der Waals surface area contributed by atoms with Crippen LogP contribution in [0.25, 0.3) is 0 Å². The van der Waals surface area contributed by atoms with E-state index in [0.717, 1.165) is 0 Å². The maximum atomic E-state index is 6.18. The van der Waals surface area contributed by atoms with Crippen molar-refractivity contribution in [1.82, 2.24) is 0 Å². The van der Waals surface area contributed by atoms with Crippen molar-refractivity contribution < 1.29 is 16.5 Å². The third-order valence-electron chi connectivity index (χ3n) is 2.91. The van der Waals surface area contributed by atoms with E-state index in [0.29, 0.717) is 0 Å². The second-order valence-corrected chi connectivity index (χ2v) is 15.0. The Hall–Kier alpha value is -0.852. The van der Waals surface area contributed by atoms with Gasteiger partial charge in [0.2, 0.25) is 0 Å². The summed E-state index contributed by atoms with van der Waals surface area (Å²) in [6.07, 6.45) is 0. The van der Waals surface area contributed by atoms with Crippen molar-refractivity contribution in [3.63, 3.8) is 0 Å². The molecule has 0 amide bonds. The summed E-state index contributed by atoms with van der Waals surface area (Å²) >= 11 is 0. The van der Waals surface area contributed by atoms with E-state index in [4.69, 9.17) is 16.5 Å². The molecule has 1 aliphatic rings. The van der Waals surface area contributed by atoms with Gasteiger partial charge in [-0.2, -0.15) is 0 Å². The van der Waals surface area contributed by atoms with Gasteiger partial charge in [0.25, 0.3) is 10.0 Å². The first-order chi connectivity index (χ1) is 9.49. The summed E-state index contributed by atoms with van der Waals surface area (Å²) in [5.74, 6) is 0. The molecule has 0 aromatic carbocycles. The minimum absolute atomic E-state index is 1.32. The smallest absolute Gasteiger partial charge is 0.374 e. The zero-order chi connectivity index (χ0) is 15.3. The Morgan fingerprint density at radius 2 is 0.850 bits per heavy atom. The molecular weight excluding hydrogens is 320 g/mol. The normalized spacial score (nSPS) is 23.4. The minimum atomic E-state index is -2.93. The average molecular weight is 341 g/mol. The molecule has 1 saturated heterocycles. The van der Waals surface area contributed by atoms with Crippen LogP contribution in [0.15, 0.2) is 73.7 Å². The Bertz CT molecular complexity index is 393. The zero-order valence-electron chi connectivity index (χ0n) is 11.5. The molecule has 4 nitrogen and oxygen atoms in total. The van der Waals surface area contributed by atoms with Crippen LogP contribution in [-0.2, 0) is 16.5 Å². The van der Waals surface area contributed by atoms with Gasteiger partial charge in [-0.1, -0.05) is 0 Å². The summed E-state index contributed by atoms with van der Waals surface area (Å²) in [6.45, 7) is 22.8. The van der Waals surface area contributed by atoms with Crippen LogP contribution in [0, 0.1) is 0 Å². The fraction of sp³-hybridized carbons (Fsp3) is 0. The summed E-state index contributed by atoms with van der Waals surface area (Å²) in [7, 11) is -9.78. The molecule has 1 heterocycles. The predicted octanol–water partition coefficient (Wildman–Crippen LogP) is 1.74. The van der Waals surface area contributed by atoms with Crippen molar-refractivity contribution in [3.8, 4) is 0 Å². The van der Waals surface area contributed by atoms with E-state index in [1.807, 2.05) is 0 Å². The molecule has 1 fully saturated rings. The first-order valence-electron chi connectivity index (χ1n) is 5.98. The van der Waals surface area contributed by atoms with Crippen LogP contribution >= 0.6 is 0 Å². The van der Waals surface area contributed by atoms with Crippen LogP contribution in [-0.4, -0.2) is 35.7 Å². The molecule has 20 heavy (non-hydrogen) atoms. The summed E-state index contributed by atoms with van der Waals surface area (Å²) in [5, 5.41) is 0. The second-order valence-electron chi connectivity index (χ2n) is 4.00. The Labute approximate surface area is 126 Å². The zero-order valence-corrected chi connectivity index (χ0v) is 16.0. The predicted molar refractivity (Wildman–Crippen MR) is 91.3 cm³/mol. The van der Waals surface area contributed by atoms with Gasteiger partial charge in [0.05, 0.1) is 0 Å². The fourth-order valence-electron chi connectivity index (χ4n) is 1.61. The fourth-order valence-corrected chi connectivity index (χ4v) is 15.0. The van der Waals surface area contributed by atoms with E-state index >= 15 is 0 Å². The third-order valence-corrected chi connectivity index (χ3v) is 16.0. The maximum Gasteiger partial charge on any atom is 0.374 e. The molecule has 0 saturated carbocycles. The first kappa shape index (κ1) is 17.2. The van der Waals surface area contributed by atoms with E-state index in [9.17, 15) is 0 Å². The van der Waals surface area contributed by atoms with Gasteiger partial charge in [-0.25, -0.2) is 0 Å². The molecule has 1 rings (SSSR count). The Morgan fingerprint density at radius 1 is 0.550 bits per heavy atom. The summed E-state index contributed by atoms with van der Waals surface area (Å²) < 4.78 is 24.1. The highest BCUT2D eigenvalue weighted by molar-refractivity contribution is 6.98. The molecule has 0 bridgehead atoms. The lowest BCUT2D eigenvalue weighted by atomic mass is 11.2. The van der Waals surface area contributed by atoms with Gasteiger partial charge < -0.3 is 16.5 Å². The summed E-state index contributed by atoms with van der Waals surface area (Å²) in [5.41, 5.74) is 9.91. The highest BCUT2D eigenvalue weighted by atomic mass is 28.5. The van der Waals surface area contributed by atoms with Crippen LogP contribution in [0.4, 0.5) is 0 Å².